The number of carbonyl (C=O) groups is 2. The maximum absolute atomic E-state index is 14.2. The first-order valence-electron chi connectivity index (χ1n) is 10.7. The number of nitrogens with one attached hydrogen (secondary N) is 1. The Kier molecular flexibility index (Phi) is 6.05. The summed E-state index contributed by atoms with van der Waals surface area (Å²) < 4.78 is 20.2. The van der Waals surface area contributed by atoms with Gasteiger partial charge in [-0.15, -0.1) is 0 Å². The number of aromatic nitrogens is 2. The number of carboxylic acids is 1. The van der Waals surface area contributed by atoms with E-state index >= 15 is 0 Å². The highest BCUT2D eigenvalue weighted by Gasteiger charge is 2.52. The molecule has 0 aliphatic carbocycles. The van der Waals surface area contributed by atoms with E-state index in [1.807, 2.05) is 0 Å². The minimum atomic E-state index is -1.60. The van der Waals surface area contributed by atoms with Crippen molar-refractivity contribution in [2.45, 2.75) is 32.4 Å². The molecule has 4 rings (SSSR count). The van der Waals surface area contributed by atoms with Crippen LogP contribution in [0.4, 0.5) is 10.1 Å². The van der Waals surface area contributed by atoms with Crippen LogP contribution in [0, 0.1) is 26.6 Å². The largest absolute Gasteiger partial charge is 0.478 e. The van der Waals surface area contributed by atoms with Crippen LogP contribution >= 0.6 is 0 Å². The van der Waals surface area contributed by atoms with Gasteiger partial charge in [-0.3, -0.25) is 10.1 Å². The standard InChI is InChI=1S/C25H25FN4O4/c1-14-11-17(9-10-19(14)26)25(18-7-5-6-8-20(18)30(4)21(31)13-27-25)22(23(32)33)34-24-28-15(2)12-16(3)29-24/h5-12,22,27H,13H2,1-4H3,(H,32,33)/t22-,25+/m1/s1. The Balaban J connectivity index is 2.02. The lowest BCUT2D eigenvalue weighted by molar-refractivity contribution is -0.149. The summed E-state index contributed by atoms with van der Waals surface area (Å²) in [5, 5.41) is 13.6. The number of carbonyl (C=O) groups excluding carboxylic acids is 1. The van der Waals surface area contributed by atoms with Gasteiger partial charge in [0.1, 0.15) is 11.4 Å². The molecule has 1 aliphatic rings. The van der Waals surface area contributed by atoms with Crippen molar-refractivity contribution in [2.24, 2.45) is 0 Å². The van der Waals surface area contributed by atoms with Crippen LogP contribution in [0.2, 0.25) is 0 Å². The fourth-order valence-corrected chi connectivity index (χ4v) is 4.37. The zero-order valence-electron chi connectivity index (χ0n) is 19.3. The maximum Gasteiger partial charge on any atom is 0.347 e. The van der Waals surface area contributed by atoms with Crippen LogP contribution in [-0.4, -0.2) is 46.6 Å². The molecule has 2 aromatic carbocycles. The highest BCUT2D eigenvalue weighted by atomic mass is 19.1. The van der Waals surface area contributed by atoms with Gasteiger partial charge >= 0.3 is 12.0 Å². The van der Waals surface area contributed by atoms with Crippen LogP contribution in [0.15, 0.2) is 48.5 Å². The number of nitrogens with zero attached hydrogens (tertiary/aromatic N) is 3. The van der Waals surface area contributed by atoms with Gasteiger partial charge in [0.05, 0.1) is 6.54 Å². The van der Waals surface area contributed by atoms with E-state index in [0.29, 0.717) is 33.8 Å². The minimum absolute atomic E-state index is 0.105. The number of halogens is 1. The average Bonchev–Trinajstić information content (AvgIpc) is 2.89. The van der Waals surface area contributed by atoms with Crippen LogP contribution < -0.4 is 15.0 Å². The summed E-state index contributed by atoms with van der Waals surface area (Å²) in [5.41, 5.74) is 1.42. The van der Waals surface area contributed by atoms with E-state index in [4.69, 9.17) is 4.74 Å². The van der Waals surface area contributed by atoms with Gasteiger partial charge in [0, 0.05) is 29.7 Å². The summed E-state index contributed by atoms with van der Waals surface area (Å²) in [6, 6.07) is 13.0. The summed E-state index contributed by atoms with van der Waals surface area (Å²) in [6.45, 7) is 4.92. The Bertz CT molecular complexity index is 1260. The Morgan fingerprint density at radius 3 is 2.47 bits per heavy atom. The number of likely N-dealkylation sites (N-methyl/N-ethyl adjacent to an activating group) is 1. The van der Waals surface area contributed by atoms with Gasteiger partial charge < -0.3 is 14.7 Å². The van der Waals surface area contributed by atoms with Crippen LogP contribution in [0.5, 0.6) is 6.01 Å². The molecule has 0 bridgehead atoms. The molecule has 2 N–H and O–H groups in total. The van der Waals surface area contributed by atoms with Crippen LogP contribution in [0.1, 0.15) is 28.1 Å². The third-order valence-electron chi connectivity index (χ3n) is 6.00. The number of benzene rings is 2. The molecule has 8 nitrogen and oxygen atoms in total. The third-order valence-corrected chi connectivity index (χ3v) is 6.00. The highest BCUT2D eigenvalue weighted by molar-refractivity contribution is 5.97. The monoisotopic (exact) mass is 464 g/mol. The number of fused-ring (bicyclic) bond motifs is 1. The number of para-hydroxylation sites is 1. The number of amides is 1. The van der Waals surface area contributed by atoms with Gasteiger partial charge in [0.2, 0.25) is 12.0 Å². The number of anilines is 1. The molecule has 0 radical (unpaired) electrons. The smallest absolute Gasteiger partial charge is 0.347 e. The Hall–Kier alpha value is -3.85. The molecule has 176 valence electrons. The van der Waals surface area contributed by atoms with E-state index < -0.39 is 23.4 Å². The number of carboxylic acid groups (broad SMARTS) is 1. The number of aliphatic carboxylic acids is 1. The second-order valence-electron chi connectivity index (χ2n) is 8.36. The van der Waals surface area contributed by atoms with E-state index in [-0.39, 0.29) is 18.5 Å². The number of ether oxygens (including phenoxy) is 1. The molecule has 9 heteroatoms. The second-order valence-corrected chi connectivity index (χ2v) is 8.36. The van der Waals surface area contributed by atoms with Gasteiger partial charge in [0.15, 0.2) is 0 Å². The normalized spacial score (nSPS) is 18.7. The van der Waals surface area contributed by atoms with E-state index in [2.05, 4.69) is 15.3 Å². The van der Waals surface area contributed by atoms with Crippen molar-refractivity contribution < 1.29 is 23.8 Å². The van der Waals surface area contributed by atoms with Gasteiger partial charge in [-0.2, -0.15) is 0 Å². The number of aryl methyl sites for hydroxylation is 3. The van der Waals surface area contributed by atoms with Crippen molar-refractivity contribution in [1.29, 1.82) is 0 Å². The van der Waals surface area contributed by atoms with Crippen LogP contribution in [0.25, 0.3) is 0 Å². The van der Waals surface area contributed by atoms with Gasteiger partial charge in [-0.25, -0.2) is 19.2 Å². The van der Waals surface area contributed by atoms with Gasteiger partial charge in [0.25, 0.3) is 0 Å². The van der Waals surface area contributed by atoms with Crippen molar-refractivity contribution in [3.8, 4) is 6.01 Å². The molecule has 1 aromatic heterocycles. The van der Waals surface area contributed by atoms with Crippen molar-refractivity contribution in [1.82, 2.24) is 15.3 Å². The second kappa shape index (κ2) is 8.83. The summed E-state index contributed by atoms with van der Waals surface area (Å²) in [4.78, 5) is 35.6. The molecule has 0 saturated carbocycles. The molecule has 34 heavy (non-hydrogen) atoms. The molecular weight excluding hydrogens is 439 g/mol. The molecule has 1 aliphatic heterocycles. The van der Waals surface area contributed by atoms with Gasteiger partial charge in [-0.1, -0.05) is 30.3 Å². The first kappa shape index (κ1) is 23.3. The molecule has 3 aromatic rings. The Labute approximate surface area is 196 Å². The predicted molar refractivity (Wildman–Crippen MR) is 123 cm³/mol. The number of rotatable bonds is 5. The van der Waals surface area contributed by atoms with E-state index in [0.717, 1.165) is 0 Å². The summed E-state index contributed by atoms with van der Waals surface area (Å²) in [5.74, 6) is -2.00. The number of hydrogen-bond acceptors (Lipinski definition) is 6. The third kappa shape index (κ3) is 3.99. The highest BCUT2D eigenvalue weighted by Crippen LogP contribution is 2.42. The summed E-state index contributed by atoms with van der Waals surface area (Å²) >= 11 is 0. The topological polar surface area (TPSA) is 105 Å². The average molecular weight is 464 g/mol. The lowest BCUT2D eigenvalue weighted by Gasteiger charge is -2.39. The first-order chi connectivity index (χ1) is 16.1. The molecule has 2 heterocycles. The van der Waals surface area contributed by atoms with Crippen molar-refractivity contribution in [3.05, 3.63) is 82.4 Å². The van der Waals surface area contributed by atoms with E-state index in [1.165, 1.54) is 17.0 Å². The number of hydrogen-bond donors (Lipinski definition) is 2. The van der Waals surface area contributed by atoms with Crippen molar-refractivity contribution in [2.75, 3.05) is 18.5 Å². The zero-order chi connectivity index (χ0) is 24.6. The molecule has 0 fully saturated rings. The van der Waals surface area contributed by atoms with Crippen molar-refractivity contribution in [3.63, 3.8) is 0 Å². The molecule has 0 spiro atoms. The fourth-order valence-electron chi connectivity index (χ4n) is 4.37. The maximum atomic E-state index is 14.2. The minimum Gasteiger partial charge on any atom is -0.478 e. The molecule has 1 amide bonds. The van der Waals surface area contributed by atoms with Crippen LogP contribution in [0.3, 0.4) is 0 Å². The lowest BCUT2D eigenvalue weighted by Crippen LogP contribution is -2.58. The summed E-state index contributed by atoms with van der Waals surface area (Å²) in [6.07, 6.45) is -1.60. The zero-order valence-corrected chi connectivity index (χ0v) is 19.3. The van der Waals surface area contributed by atoms with E-state index in [9.17, 15) is 19.1 Å². The SMILES string of the molecule is Cc1cc(C)nc(O[C@H](C(=O)O)[C@@]2(c3ccc(F)c(C)c3)NCC(=O)N(C)c3ccccc32)n1. The molecular formula is C25H25FN4O4. The van der Waals surface area contributed by atoms with E-state index in [1.54, 1.807) is 64.2 Å². The molecule has 0 saturated heterocycles. The fraction of sp³-hybridized carbons (Fsp3) is 0.280. The van der Waals surface area contributed by atoms with Crippen LogP contribution in [-0.2, 0) is 15.1 Å². The molecule has 2 atom stereocenters. The van der Waals surface area contributed by atoms with Crippen molar-refractivity contribution >= 4 is 17.6 Å². The Morgan fingerprint density at radius 1 is 1.15 bits per heavy atom. The first-order valence-corrected chi connectivity index (χ1v) is 10.7. The summed E-state index contributed by atoms with van der Waals surface area (Å²) in [7, 11) is 1.62. The quantitative estimate of drug-likeness (QED) is 0.598. The molecule has 0 unspecified atom stereocenters. The predicted octanol–water partition coefficient (Wildman–Crippen LogP) is 2.88. The van der Waals surface area contributed by atoms with Gasteiger partial charge in [-0.05, 0) is 50.1 Å². The lowest BCUT2D eigenvalue weighted by atomic mass is 9.76. The Morgan fingerprint density at radius 2 is 1.82 bits per heavy atom.